The molecule has 0 radical (unpaired) electrons. The molecule has 0 aromatic heterocycles. The Kier molecular flexibility index (Phi) is 23.1. The van der Waals surface area contributed by atoms with E-state index in [9.17, 15) is 4.79 Å². The molecule has 0 fully saturated rings. The van der Waals surface area contributed by atoms with Gasteiger partial charge in [-0.1, -0.05) is 209 Å². The van der Waals surface area contributed by atoms with Crippen LogP contribution in [-0.2, 0) is 9.47 Å². The average molecular weight is 711 g/mol. The number of unbranched alkanes of at least 4 members (excludes halogenated alkanes) is 18. The van der Waals surface area contributed by atoms with Crippen LogP contribution in [0.4, 0.5) is 0 Å². The minimum absolute atomic E-state index is 0.0146. The topological polar surface area (TPSA) is 35.5 Å². The molecule has 0 saturated heterocycles. The molecule has 2 atom stereocenters. The van der Waals surface area contributed by atoms with E-state index in [1.54, 1.807) is 0 Å². The first-order chi connectivity index (χ1) is 25.6. The number of hydrogen-bond donors (Lipinski definition) is 0. The summed E-state index contributed by atoms with van der Waals surface area (Å²) in [4.78, 5) is 13.4. The first-order valence-corrected chi connectivity index (χ1v) is 21.7. The lowest BCUT2D eigenvalue weighted by atomic mass is 9.96. The van der Waals surface area contributed by atoms with Gasteiger partial charge in [0.05, 0.1) is 11.7 Å². The number of rotatable bonds is 30. The van der Waals surface area contributed by atoms with Crippen LogP contribution < -0.4 is 0 Å². The van der Waals surface area contributed by atoms with Gasteiger partial charge in [-0.15, -0.1) is 0 Å². The van der Waals surface area contributed by atoms with E-state index in [-0.39, 0.29) is 18.2 Å². The predicted molar refractivity (Wildman–Crippen MR) is 224 cm³/mol. The Bertz CT molecular complexity index is 1310. The van der Waals surface area contributed by atoms with Crippen LogP contribution in [0.1, 0.15) is 197 Å². The van der Waals surface area contributed by atoms with Gasteiger partial charge in [0.2, 0.25) is 0 Å². The third-order valence-corrected chi connectivity index (χ3v) is 10.7. The minimum Gasteiger partial charge on any atom is -0.459 e. The molecule has 3 aromatic carbocycles. The maximum Gasteiger partial charge on any atom is 0.339 e. The molecule has 3 rings (SSSR count). The molecule has 3 heteroatoms. The zero-order chi connectivity index (χ0) is 37.1. The van der Waals surface area contributed by atoms with Gasteiger partial charge in [-0.2, -0.15) is 0 Å². The van der Waals surface area contributed by atoms with Crippen LogP contribution in [-0.4, -0.2) is 18.7 Å². The van der Waals surface area contributed by atoms with Crippen LogP contribution in [0.3, 0.4) is 0 Å². The van der Waals surface area contributed by atoms with Crippen molar-refractivity contribution < 1.29 is 14.3 Å². The van der Waals surface area contributed by atoms with Gasteiger partial charge in [0, 0.05) is 6.61 Å². The fourth-order valence-electron chi connectivity index (χ4n) is 7.31. The van der Waals surface area contributed by atoms with Crippen molar-refractivity contribution in [1.82, 2.24) is 0 Å². The second-order valence-corrected chi connectivity index (χ2v) is 15.2. The molecule has 0 spiro atoms. The Hall–Kier alpha value is -2.91. The van der Waals surface area contributed by atoms with Crippen molar-refractivity contribution in [2.45, 2.75) is 188 Å². The molecule has 0 amide bonds. The number of esters is 1. The summed E-state index contributed by atoms with van der Waals surface area (Å²) in [6.45, 7) is 9.70. The second-order valence-electron chi connectivity index (χ2n) is 15.2. The molecule has 288 valence electrons. The molecule has 0 bridgehead atoms. The van der Waals surface area contributed by atoms with Crippen LogP contribution in [0.2, 0.25) is 0 Å². The van der Waals surface area contributed by atoms with Crippen molar-refractivity contribution in [3.8, 4) is 22.3 Å². The highest BCUT2D eigenvalue weighted by Crippen LogP contribution is 2.30. The SMILES string of the molecule is CCCCCCCCCCCCCCCCOC(C)c1ccc(-c2ccc(-c3ccccc3C(=O)OC(CCC)CCCCCCCC)cc2)cc1. The quantitative estimate of drug-likeness (QED) is 0.0510. The molecule has 0 N–H and O–H groups in total. The van der Waals surface area contributed by atoms with Crippen molar-refractivity contribution in [3.05, 3.63) is 83.9 Å². The molecular formula is C49H74O3. The van der Waals surface area contributed by atoms with E-state index < -0.39 is 0 Å². The maximum atomic E-state index is 13.4. The Labute approximate surface area is 319 Å². The fraction of sp³-hybridized carbons (Fsp3) is 0.612. The molecule has 52 heavy (non-hydrogen) atoms. The highest BCUT2D eigenvalue weighted by Gasteiger charge is 2.19. The van der Waals surface area contributed by atoms with Crippen molar-refractivity contribution in [2.24, 2.45) is 0 Å². The highest BCUT2D eigenvalue weighted by atomic mass is 16.5. The number of ether oxygens (including phenoxy) is 2. The summed E-state index contributed by atoms with van der Waals surface area (Å²) in [7, 11) is 0. The van der Waals surface area contributed by atoms with Crippen LogP contribution in [0, 0.1) is 0 Å². The molecular weight excluding hydrogens is 637 g/mol. The van der Waals surface area contributed by atoms with Crippen LogP contribution >= 0.6 is 0 Å². The number of carbonyl (C=O) groups excluding carboxylic acids is 1. The van der Waals surface area contributed by atoms with Crippen LogP contribution in [0.25, 0.3) is 22.3 Å². The Morgan fingerprint density at radius 2 is 0.962 bits per heavy atom. The first-order valence-electron chi connectivity index (χ1n) is 21.7. The molecule has 0 aliphatic rings. The number of benzene rings is 3. The van der Waals surface area contributed by atoms with Crippen LogP contribution in [0.15, 0.2) is 72.8 Å². The Morgan fingerprint density at radius 1 is 0.500 bits per heavy atom. The molecule has 0 heterocycles. The summed E-state index contributed by atoms with van der Waals surface area (Å²) in [5.74, 6) is -0.208. The molecule has 0 aliphatic carbocycles. The van der Waals surface area contributed by atoms with Gasteiger partial charge in [0.1, 0.15) is 6.10 Å². The van der Waals surface area contributed by atoms with E-state index in [2.05, 4.69) is 76.2 Å². The van der Waals surface area contributed by atoms with Crippen molar-refractivity contribution in [1.29, 1.82) is 0 Å². The van der Waals surface area contributed by atoms with Crippen molar-refractivity contribution in [3.63, 3.8) is 0 Å². The van der Waals surface area contributed by atoms with Gasteiger partial charge in [0.25, 0.3) is 0 Å². The summed E-state index contributed by atoms with van der Waals surface area (Å²) in [5.41, 5.74) is 6.16. The number of hydrogen-bond acceptors (Lipinski definition) is 3. The monoisotopic (exact) mass is 711 g/mol. The van der Waals surface area contributed by atoms with Gasteiger partial charge in [-0.25, -0.2) is 4.79 Å². The lowest BCUT2D eigenvalue weighted by molar-refractivity contribution is 0.0254. The smallest absolute Gasteiger partial charge is 0.339 e. The van der Waals surface area contributed by atoms with Gasteiger partial charge in [0.15, 0.2) is 0 Å². The standard InChI is InChI=1S/C49H74O3/c1-5-8-10-12-14-15-16-17-18-19-20-21-23-27-40-51-41(4)42-32-34-43(35-33-42)44-36-38-45(39-37-44)47-30-25-26-31-48(47)49(50)52-46(28-7-3)29-24-22-13-11-9-6-2/h25-26,30-39,41,46H,5-24,27-29,40H2,1-4H3. The van der Waals surface area contributed by atoms with Gasteiger partial charge in [-0.3, -0.25) is 0 Å². The summed E-state index contributed by atoms with van der Waals surface area (Å²) in [6, 6.07) is 25.2. The number of carbonyl (C=O) groups is 1. The highest BCUT2D eigenvalue weighted by molar-refractivity contribution is 5.97. The van der Waals surface area contributed by atoms with Gasteiger partial charge < -0.3 is 9.47 Å². The molecule has 3 aromatic rings. The lowest BCUT2D eigenvalue weighted by Gasteiger charge is -2.19. The van der Waals surface area contributed by atoms with Crippen molar-refractivity contribution in [2.75, 3.05) is 6.61 Å². The van der Waals surface area contributed by atoms with E-state index in [0.717, 1.165) is 55.4 Å². The third-order valence-electron chi connectivity index (χ3n) is 10.7. The average Bonchev–Trinajstić information content (AvgIpc) is 3.17. The first kappa shape index (κ1) is 43.5. The van der Waals surface area contributed by atoms with E-state index in [4.69, 9.17) is 9.47 Å². The van der Waals surface area contributed by atoms with E-state index in [1.807, 2.05) is 24.3 Å². The van der Waals surface area contributed by atoms with E-state index >= 15 is 0 Å². The lowest BCUT2D eigenvalue weighted by Crippen LogP contribution is -2.19. The normalized spacial score (nSPS) is 12.5. The fourth-order valence-corrected chi connectivity index (χ4v) is 7.31. The molecule has 3 nitrogen and oxygen atoms in total. The van der Waals surface area contributed by atoms with Crippen molar-refractivity contribution >= 4 is 5.97 Å². The summed E-state index contributed by atoms with van der Waals surface area (Å²) in [5, 5.41) is 0. The largest absolute Gasteiger partial charge is 0.459 e. The Balaban J connectivity index is 1.39. The van der Waals surface area contributed by atoms with Gasteiger partial charge in [-0.05, 0) is 66.5 Å². The maximum absolute atomic E-state index is 13.4. The zero-order valence-electron chi connectivity index (χ0n) is 33.8. The molecule has 0 aliphatic heterocycles. The molecule has 0 saturated carbocycles. The third kappa shape index (κ3) is 17.3. The Morgan fingerprint density at radius 3 is 1.50 bits per heavy atom. The summed E-state index contributed by atoms with van der Waals surface area (Å²) >= 11 is 0. The van der Waals surface area contributed by atoms with E-state index in [1.165, 1.54) is 127 Å². The minimum atomic E-state index is -0.208. The molecule has 2 unspecified atom stereocenters. The summed E-state index contributed by atoms with van der Waals surface area (Å²) < 4.78 is 12.3. The second kappa shape index (κ2) is 27.7. The van der Waals surface area contributed by atoms with Crippen LogP contribution in [0.5, 0.6) is 0 Å². The summed E-state index contributed by atoms with van der Waals surface area (Å²) in [6.07, 6.45) is 29.7. The van der Waals surface area contributed by atoms with Gasteiger partial charge >= 0.3 is 5.97 Å². The zero-order valence-corrected chi connectivity index (χ0v) is 33.8. The van der Waals surface area contributed by atoms with E-state index in [0.29, 0.717) is 5.56 Å². The predicted octanol–water partition coefficient (Wildman–Crippen LogP) is 15.7.